The fraction of sp³-hybridized carbons (Fsp3) is 0.455. The Morgan fingerprint density at radius 1 is 1.27 bits per heavy atom. The van der Waals surface area contributed by atoms with Crippen LogP contribution in [0.15, 0.2) is 41.6 Å². The second kappa shape index (κ2) is 9.43. The van der Waals surface area contributed by atoms with Crippen LogP contribution in [0.2, 0.25) is 5.02 Å². The number of carbonyl (C=O) groups excluding carboxylic acids is 1. The Morgan fingerprint density at radius 2 is 2.10 bits per heavy atom. The van der Waals surface area contributed by atoms with Gasteiger partial charge in [-0.1, -0.05) is 49.4 Å². The Hall–Kier alpha value is -2.67. The van der Waals surface area contributed by atoms with Gasteiger partial charge in [0.2, 0.25) is 5.91 Å². The van der Waals surface area contributed by atoms with Crippen LogP contribution < -0.4 is 10.9 Å². The number of carbonyl (C=O) groups is 1. The van der Waals surface area contributed by atoms with E-state index in [9.17, 15) is 9.59 Å². The summed E-state index contributed by atoms with van der Waals surface area (Å²) in [6.45, 7) is 1.33. The predicted molar refractivity (Wildman–Crippen MR) is 117 cm³/mol. The molecule has 7 nitrogen and oxygen atoms in total. The van der Waals surface area contributed by atoms with Gasteiger partial charge in [0.15, 0.2) is 5.65 Å². The number of nitrogens with zero attached hydrogens (tertiary/aromatic N) is 4. The van der Waals surface area contributed by atoms with Crippen molar-refractivity contribution in [2.75, 3.05) is 6.54 Å². The van der Waals surface area contributed by atoms with E-state index >= 15 is 0 Å². The molecule has 8 heteroatoms. The van der Waals surface area contributed by atoms with E-state index < -0.39 is 0 Å². The molecular formula is C22H26ClN5O2. The summed E-state index contributed by atoms with van der Waals surface area (Å²) in [7, 11) is 0. The number of amides is 1. The summed E-state index contributed by atoms with van der Waals surface area (Å²) >= 11 is 6.03. The number of nitrogens with one attached hydrogen (secondary N) is 1. The quantitative estimate of drug-likeness (QED) is 0.597. The molecule has 1 amide bonds. The van der Waals surface area contributed by atoms with Gasteiger partial charge in [-0.25, -0.2) is 9.67 Å². The lowest BCUT2D eigenvalue weighted by Crippen LogP contribution is -2.28. The number of halogens is 1. The summed E-state index contributed by atoms with van der Waals surface area (Å²) in [5.74, 6) is 0.791. The molecule has 2 aromatic heterocycles. The second-order valence-electron chi connectivity index (χ2n) is 7.95. The topological polar surface area (TPSA) is 81.8 Å². The van der Waals surface area contributed by atoms with Gasteiger partial charge in [0.1, 0.15) is 11.7 Å². The van der Waals surface area contributed by atoms with E-state index in [1.165, 1.54) is 32.0 Å². The normalized spacial score (nSPS) is 14.4. The van der Waals surface area contributed by atoms with Crippen molar-refractivity contribution in [1.29, 1.82) is 0 Å². The van der Waals surface area contributed by atoms with Crippen molar-refractivity contribution in [3.63, 3.8) is 0 Å². The molecule has 0 aliphatic heterocycles. The molecule has 1 aliphatic carbocycles. The highest BCUT2D eigenvalue weighted by Gasteiger charge is 2.16. The molecule has 1 aliphatic rings. The lowest BCUT2D eigenvalue weighted by molar-refractivity contribution is -0.121. The molecule has 4 rings (SSSR count). The third kappa shape index (κ3) is 4.90. The summed E-state index contributed by atoms with van der Waals surface area (Å²) in [5.41, 5.74) is 1.31. The Morgan fingerprint density at radius 3 is 2.90 bits per heavy atom. The van der Waals surface area contributed by atoms with Crippen LogP contribution in [0.5, 0.6) is 0 Å². The van der Waals surface area contributed by atoms with E-state index in [4.69, 9.17) is 11.6 Å². The van der Waals surface area contributed by atoms with Gasteiger partial charge in [-0.05, 0) is 30.0 Å². The van der Waals surface area contributed by atoms with Crippen LogP contribution in [0.1, 0.15) is 44.1 Å². The number of hydrogen-bond acceptors (Lipinski definition) is 4. The summed E-state index contributed by atoms with van der Waals surface area (Å²) in [6.07, 6.45) is 9.74. The molecular weight excluding hydrogens is 402 g/mol. The van der Waals surface area contributed by atoms with Crippen molar-refractivity contribution in [2.24, 2.45) is 5.92 Å². The van der Waals surface area contributed by atoms with Crippen molar-refractivity contribution in [3.05, 3.63) is 57.7 Å². The Labute approximate surface area is 180 Å². The van der Waals surface area contributed by atoms with E-state index in [0.29, 0.717) is 48.0 Å². The maximum Gasteiger partial charge on any atom is 0.264 e. The Bertz CT molecular complexity index is 1080. The van der Waals surface area contributed by atoms with Gasteiger partial charge in [0.25, 0.3) is 5.56 Å². The van der Waals surface area contributed by atoms with Crippen LogP contribution in [0.3, 0.4) is 0 Å². The van der Waals surface area contributed by atoms with Crippen LogP contribution in [0.25, 0.3) is 11.0 Å². The lowest BCUT2D eigenvalue weighted by Gasteiger charge is -2.09. The minimum atomic E-state index is -0.146. The maximum atomic E-state index is 12.8. The smallest absolute Gasteiger partial charge is 0.264 e. The Kier molecular flexibility index (Phi) is 6.47. The average Bonchev–Trinajstić information content (AvgIpc) is 3.39. The summed E-state index contributed by atoms with van der Waals surface area (Å²) in [5, 5.41) is 8.34. The number of hydrogen-bond donors (Lipinski definition) is 1. The molecule has 0 radical (unpaired) electrons. The molecule has 0 bridgehead atoms. The molecule has 0 atom stereocenters. The van der Waals surface area contributed by atoms with Gasteiger partial charge in [-0.15, -0.1) is 0 Å². The van der Waals surface area contributed by atoms with E-state index in [2.05, 4.69) is 15.4 Å². The zero-order valence-corrected chi connectivity index (χ0v) is 17.6. The third-order valence-electron chi connectivity index (χ3n) is 5.76. The van der Waals surface area contributed by atoms with Crippen LogP contribution in [0, 0.1) is 5.92 Å². The van der Waals surface area contributed by atoms with E-state index in [0.717, 1.165) is 12.0 Å². The predicted octanol–water partition coefficient (Wildman–Crippen LogP) is 3.38. The number of rotatable bonds is 8. The molecule has 2 heterocycles. The molecule has 0 spiro atoms. The molecule has 1 aromatic carbocycles. The highest BCUT2D eigenvalue weighted by atomic mass is 35.5. The second-order valence-corrected chi connectivity index (χ2v) is 8.39. The van der Waals surface area contributed by atoms with E-state index in [1.807, 2.05) is 18.2 Å². The number of benzene rings is 1. The standard InChI is InChI=1S/C22H26ClN5O2/c23-18-7-3-6-17(12-18)14-27-15-25-21-19(22(27)30)13-26-28(21)11-10-24-20(29)9-8-16-4-1-2-5-16/h3,6-7,12-13,15-16H,1-2,4-5,8-11,14H2,(H,24,29). The molecule has 0 unspecified atom stereocenters. The van der Waals surface area contributed by atoms with E-state index in [1.54, 1.807) is 21.5 Å². The largest absolute Gasteiger partial charge is 0.354 e. The molecule has 1 N–H and O–H groups in total. The van der Waals surface area contributed by atoms with Crippen molar-refractivity contribution >= 4 is 28.5 Å². The first-order valence-electron chi connectivity index (χ1n) is 10.5. The Balaban J connectivity index is 1.35. The lowest BCUT2D eigenvalue weighted by atomic mass is 10.0. The molecule has 158 valence electrons. The van der Waals surface area contributed by atoms with Crippen LogP contribution >= 0.6 is 11.6 Å². The molecule has 3 aromatic rings. The van der Waals surface area contributed by atoms with Crippen molar-refractivity contribution in [2.45, 2.75) is 51.6 Å². The molecule has 0 saturated heterocycles. The fourth-order valence-corrected chi connectivity index (χ4v) is 4.34. The first-order valence-corrected chi connectivity index (χ1v) is 10.9. The third-order valence-corrected chi connectivity index (χ3v) is 6.00. The minimum Gasteiger partial charge on any atom is -0.354 e. The summed E-state index contributed by atoms with van der Waals surface area (Å²) in [6, 6.07) is 7.40. The summed E-state index contributed by atoms with van der Waals surface area (Å²) in [4.78, 5) is 29.3. The van der Waals surface area contributed by atoms with E-state index in [-0.39, 0.29) is 11.5 Å². The van der Waals surface area contributed by atoms with Crippen molar-refractivity contribution < 1.29 is 4.79 Å². The zero-order chi connectivity index (χ0) is 20.9. The monoisotopic (exact) mass is 427 g/mol. The van der Waals surface area contributed by atoms with Gasteiger partial charge in [-0.3, -0.25) is 14.2 Å². The number of aromatic nitrogens is 4. The van der Waals surface area contributed by atoms with Crippen LogP contribution in [-0.4, -0.2) is 31.8 Å². The molecule has 1 fully saturated rings. The first-order chi connectivity index (χ1) is 14.6. The zero-order valence-electron chi connectivity index (χ0n) is 16.9. The van der Waals surface area contributed by atoms with Gasteiger partial charge in [0.05, 0.1) is 19.3 Å². The SMILES string of the molecule is O=C(CCC1CCCC1)NCCn1ncc2c(=O)n(Cc3cccc(Cl)c3)cnc21. The van der Waals surface area contributed by atoms with Crippen molar-refractivity contribution in [3.8, 4) is 0 Å². The molecule has 1 saturated carbocycles. The maximum absolute atomic E-state index is 12.8. The van der Waals surface area contributed by atoms with Gasteiger partial charge in [0, 0.05) is 18.0 Å². The highest BCUT2D eigenvalue weighted by molar-refractivity contribution is 6.30. The average molecular weight is 428 g/mol. The minimum absolute atomic E-state index is 0.0789. The van der Waals surface area contributed by atoms with Crippen LogP contribution in [-0.2, 0) is 17.9 Å². The highest BCUT2D eigenvalue weighted by Crippen LogP contribution is 2.28. The summed E-state index contributed by atoms with van der Waals surface area (Å²) < 4.78 is 3.21. The van der Waals surface area contributed by atoms with Gasteiger partial charge in [-0.2, -0.15) is 5.10 Å². The first kappa shape index (κ1) is 20.6. The van der Waals surface area contributed by atoms with Crippen molar-refractivity contribution in [1.82, 2.24) is 24.6 Å². The van der Waals surface area contributed by atoms with Gasteiger partial charge < -0.3 is 5.32 Å². The molecule has 30 heavy (non-hydrogen) atoms. The van der Waals surface area contributed by atoms with Gasteiger partial charge >= 0.3 is 0 Å². The number of fused-ring (bicyclic) bond motifs is 1. The fourth-order valence-electron chi connectivity index (χ4n) is 4.13. The van der Waals surface area contributed by atoms with Crippen LogP contribution in [0.4, 0.5) is 0 Å².